The van der Waals surface area contributed by atoms with Crippen LogP contribution in [0.4, 0.5) is 0 Å². The maximum absolute atomic E-state index is 10.8. The molecular formula is C9H19NO5. The summed E-state index contributed by atoms with van der Waals surface area (Å²) < 4.78 is 14.8. The monoisotopic (exact) mass is 221 g/mol. The third-order valence-corrected chi connectivity index (χ3v) is 1.45. The lowest BCUT2D eigenvalue weighted by molar-refractivity contribution is -0.145. The summed E-state index contributed by atoms with van der Waals surface area (Å²) in [6, 6.07) is 0. The number of aliphatic hydroxyl groups is 1. The number of carbonyl (C=O) groups excluding carboxylic acids is 1. The first-order valence-electron chi connectivity index (χ1n) is 4.93. The molecule has 0 aliphatic heterocycles. The molecule has 0 spiro atoms. The summed E-state index contributed by atoms with van der Waals surface area (Å²) in [5.74, 6) is -0.308. The fourth-order valence-electron chi connectivity index (χ4n) is 0.791. The summed E-state index contributed by atoms with van der Waals surface area (Å²) in [5.41, 5.74) is 5.16. The molecule has 0 heterocycles. The summed E-state index contributed by atoms with van der Waals surface area (Å²) in [4.78, 5) is 10.8. The van der Waals surface area contributed by atoms with E-state index in [4.69, 9.17) is 25.1 Å². The van der Waals surface area contributed by atoms with Crippen LogP contribution in [0.2, 0.25) is 0 Å². The molecule has 0 saturated carbocycles. The molecule has 0 radical (unpaired) electrons. The lowest BCUT2D eigenvalue weighted by Gasteiger charge is -2.05. The largest absolute Gasteiger partial charge is 0.463 e. The van der Waals surface area contributed by atoms with Gasteiger partial charge in [0.05, 0.1) is 39.5 Å². The van der Waals surface area contributed by atoms with Crippen molar-refractivity contribution in [2.24, 2.45) is 5.73 Å². The van der Waals surface area contributed by atoms with Gasteiger partial charge in [0.15, 0.2) is 0 Å². The van der Waals surface area contributed by atoms with Crippen LogP contribution in [-0.4, -0.2) is 57.3 Å². The Morgan fingerprint density at radius 2 is 1.67 bits per heavy atom. The van der Waals surface area contributed by atoms with Crippen LogP contribution in [0.3, 0.4) is 0 Å². The number of ether oxygens (including phenoxy) is 3. The van der Waals surface area contributed by atoms with Gasteiger partial charge in [-0.05, 0) is 0 Å². The normalized spacial score (nSPS) is 10.3. The Labute approximate surface area is 89.3 Å². The van der Waals surface area contributed by atoms with E-state index < -0.39 is 0 Å². The minimum Gasteiger partial charge on any atom is -0.463 e. The second-order valence-corrected chi connectivity index (χ2v) is 2.71. The van der Waals surface area contributed by atoms with E-state index in [0.717, 1.165) is 0 Å². The van der Waals surface area contributed by atoms with Crippen molar-refractivity contribution in [3.05, 3.63) is 0 Å². The number of carbonyl (C=O) groups is 1. The van der Waals surface area contributed by atoms with Crippen molar-refractivity contribution >= 4 is 5.97 Å². The average Bonchev–Trinajstić information content (AvgIpc) is 2.22. The first-order chi connectivity index (χ1) is 7.31. The molecule has 0 unspecified atom stereocenters. The zero-order valence-electron chi connectivity index (χ0n) is 8.81. The predicted octanol–water partition coefficient (Wildman–Crippen LogP) is -1.10. The Kier molecular flexibility index (Phi) is 10.9. The highest BCUT2D eigenvalue weighted by atomic mass is 16.6. The summed E-state index contributed by atoms with van der Waals surface area (Å²) in [5, 5.41) is 8.39. The molecule has 6 nitrogen and oxygen atoms in total. The van der Waals surface area contributed by atoms with E-state index in [2.05, 4.69) is 0 Å². The molecule has 90 valence electrons. The zero-order chi connectivity index (χ0) is 11.4. The second kappa shape index (κ2) is 11.4. The number of hydrogen-bond acceptors (Lipinski definition) is 6. The van der Waals surface area contributed by atoms with Crippen molar-refractivity contribution in [3.63, 3.8) is 0 Å². The van der Waals surface area contributed by atoms with E-state index in [1.165, 1.54) is 0 Å². The van der Waals surface area contributed by atoms with Crippen LogP contribution in [0.1, 0.15) is 6.42 Å². The zero-order valence-corrected chi connectivity index (χ0v) is 8.81. The molecule has 0 aliphatic rings. The van der Waals surface area contributed by atoms with Gasteiger partial charge in [0, 0.05) is 6.54 Å². The van der Waals surface area contributed by atoms with Gasteiger partial charge in [0.2, 0.25) is 0 Å². The molecule has 0 aromatic rings. The SMILES string of the molecule is NCCC(=O)OCCOCCOCCO. The van der Waals surface area contributed by atoms with Crippen LogP contribution in [-0.2, 0) is 19.0 Å². The minimum absolute atomic E-state index is 0.0106. The molecule has 0 atom stereocenters. The number of hydrogen-bond donors (Lipinski definition) is 2. The minimum atomic E-state index is -0.308. The van der Waals surface area contributed by atoms with Crippen molar-refractivity contribution in [3.8, 4) is 0 Å². The molecule has 0 saturated heterocycles. The number of aliphatic hydroxyl groups excluding tert-OH is 1. The van der Waals surface area contributed by atoms with E-state index >= 15 is 0 Å². The summed E-state index contributed by atoms with van der Waals surface area (Å²) >= 11 is 0. The van der Waals surface area contributed by atoms with Crippen molar-refractivity contribution in [1.82, 2.24) is 0 Å². The molecule has 0 fully saturated rings. The highest BCUT2D eigenvalue weighted by Gasteiger charge is 1.99. The molecule has 0 amide bonds. The lowest BCUT2D eigenvalue weighted by Crippen LogP contribution is -2.15. The van der Waals surface area contributed by atoms with E-state index in [-0.39, 0.29) is 25.6 Å². The van der Waals surface area contributed by atoms with Gasteiger partial charge >= 0.3 is 5.97 Å². The van der Waals surface area contributed by atoms with Crippen LogP contribution in [0, 0.1) is 0 Å². The third-order valence-electron chi connectivity index (χ3n) is 1.45. The van der Waals surface area contributed by atoms with Crippen molar-refractivity contribution in [2.75, 3.05) is 46.2 Å². The maximum Gasteiger partial charge on any atom is 0.307 e. The van der Waals surface area contributed by atoms with Gasteiger partial charge in [-0.25, -0.2) is 0 Å². The van der Waals surface area contributed by atoms with Gasteiger partial charge in [-0.3, -0.25) is 4.79 Å². The van der Waals surface area contributed by atoms with Crippen molar-refractivity contribution < 1.29 is 24.1 Å². The topological polar surface area (TPSA) is 91.0 Å². The van der Waals surface area contributed by atoms with Gasteiger partial charge < -0.3 is 25.1 Å². The molecule has 0 aromatic heterocycles. The standard InChI is InChI=1S/C9H19NO5/c10-2-1-9(12)15-8-7-14-6-5-13-4-3-11/h11H,1-8,10H2. The fraction of sp³-hybridized carbons (Fsp3) is 0.889. The second-order valence-electron chi connectivity index (χ2n) is 2.71. The van der Waals surface area contributed by atoms with Crippen molar-refractivity contribution in [2.45, 2.75) is 6.42 Å². The molecule has 3 N–H and O–H groups in total. The summed E-state index contributed by atoms with van der Waals surface area (Å²) in [6.45, 7) is 2.06. The van der Waals surface area contributed by atoms with E-state index in [9.17, 15) is 4.79 Å². The maximum atomic E-state index is 10.8. The lowest BCUT2D eigenvalue weighted by atomic mass is 10.4. The number of nitrogens with two attached hydrogens (primary N) is 1. The summed E-state index contributed by atoms with van der Waals surface area (Å²) in [6.07, 6.45) is 0.236. The van der Waals surface area contributed by atoms with Gasteiger partial charge in [-0.15, -0.1) is 0 Å². The Morgan fingerprint density at radius 3 is 2.27 bits per heavy atom. The fourth-order valence-corrected chi connectivity index (χ4v) is 0.791. The number of esters is 1. The van der Waals surface area contributed by atoms with Crippen molar-refractivity contribution in [1.29, 1.82) is 0 Å². The van der Waals surface area contributed by atoms with Gasteiger partial charge in [0.1, 0.15) is 6.61 Å². The molecule has 15 heavy (non-hydrogen) atoms. The Morgan fingerprint density at radius 1 is 1.07 bits per heavy atom. The van der Waals surface area contributed by atoms with Gasteiger partial charge in [0.25, 0.3) is 0 Å². The Bertz CT molecular complexity index is 153. The Hall–Kier alpha value is -0.690. The average molecular weight is 221 g/mol. The third kappa shape index (κ3) is 11.2. The van der Waals surface area contributed by atoms with E-state index in [0.29, 0.717) is 33.0 Å². The molecule has 0 aliphatic carbocycles. The first kappa shape index (κ1) is 14.3. The van der Waals surface area contributed by atoms with Crippen LogP contribution in [0.5, 0.6) is 0 Å². The first-order valence-corrected chi connectivity index (χ1v) is 4.93. The van der Waals surface area contributed by atoms with E-state index in [1.54, 1.807) is 0 Å². The predicted molar refractivity (Wildman–Crippen MR) is 53.4 cm³/mol. The smallest absolute Gasteiger partial charge is 0.307 e. The number of rotatable bonds is 10. The molecular weight excluding hydrogens is 202 g/mol. The van der Waals surface area contributed by atoms with Crippen LogP contribution >= 0.6 is 0 Å². The quantitative estimate of drug-likeness (QED) is 0.359. The van der Waals surface area contributed by atoms with E-state index in [1.807, 2.05) is 0 Å². The van der Waals surface area contributed by atoms with Crippen LogP contribution < -0.4 is 5.73 Å². The summed E-state index contributed by atoms with van der Waals surface area (Å²) in [7, 11) is 0. The highest BCUT2D eigenvalue weighted by Crippen LogP contribution is 1.85. The van der Waals surface area contributed by atoms with Gasteiger partial charge in [-0.2, -0.15) is 0 Å². The molecule has 0 bridgehead atoms. The molecule has 6 heteroatoms. The van der Waals surface area contributed by atoms with Crippen LogP contribution in [0.25, 0.3) is 0 Å². The van der Waals surface area contributed by atoms with Gasteiger partial charge in [-0.1, -0.05) is 0 Å². The Balaban J connectivity index is 3.01. The van der Waals surface area contributed by atoms with Crippen LogP contribution in [0.15, 0.2) is 0 Å². The highest BCUT2D eigenvalue weighted by molar-refractivity contribution is 5.69. The molecule has 0 rings (SSSR count). The molecule has 0 aromatic carbocycles.